The van der Waals surface area contributed by atoms with Gasteiger partial charge in [-0.05, 0) is 55.0 Å². The maximum atomic E-state index is 12.8. The lowest BCUT2D eigenvalue weighted by molar-refractivity contribution is -0.118. The van der Waals surface area contributed by atoms with E-state index in [1.807, 2.05) is 0 Å². The summed E-state index contributed by atoms with van der Waals surface area (Å²) in [4.78, 5) is 25.3. The van der Waals surface area contributed by atoms with Gasteiger partial charge in [-0.3, -0.25) is 9.59 Å². The van der Waals surface area contributed by atoms with Crippen LogP contribution in [0.4, 0.5) is 15.8 Å². The highest BCUT2D eigenvalue weighted by atomic mass is 19.1. The predicted octanol–water partition coefficient (Wildman–Crippen LogP) is 2.97. The van der Waals surface area contributed by atoms with Crippen LogP contribution in [0.5, 0.6) is 5.75 Å². The Bertz CT molecular complexity index is 729. The zero-order chi connectivity index (χ0) is 16.9. The molecule has 2 aromatic rings. The first-order chi connectivity index (χ1) is 11.6. The van der Waals surface area contributed by atoms with Gasteiger partial charge in [0.25, 0.3) is 5.91 Å². The number of anilines is 2. The lowest BCUT2D eigenvalue weighted by Crippen LogP contribution is -2.23. The number of carbonyl (C=O) groups excluding carboxylic acids is 2. The van der Waals surface area contributed by atoms with Crippen molar-refractivity contribution in [2.45, 2.75) is 12.8 Å². The molecule has 0 radical (unpaired) electrons. The Kier molecular flexibility index (Phi) is 4.74. The molecule has 1 fully saturated rings. The van der Waals surface area contributed by atoms with E-state index in [0.717, 1.165) is 18.7 Å². The van der Waals surface area contributed by atoms with Crippen LogP contribution in [-0.2, 0) is 9.59 Å². The Morgan fingerprint density at radius 3 is 2.46 bits per heavy atom. The number of ether oxygens (including phenoxy) is 1. The Morgan fingerprint density at radius 2 is 1.83 bits per heavy atom. The van der Waals surface area contributed by atoms with Crippen molar-refractivity contribution in [2.75, 3.05) is 23.4 Å². The fourth-order valence-electron chi connectivity index (χ4n) is 2.52. The monoisotopic (exact) mass is 328 g/mol. The van der Waals surface area contributed by atoms with E-state index in [0.29, 0.717) is 17.9 Å². The maximum absolute atomic E-state index is 12.8. The number of nitrogens with zero attached hydrogens (tertiary/aromatic N) is 1. The van der Waals surface area contributed by atoms with E-state index in [2.05, 4.69) is 5.32 Å². The Hall–Kier alpha value is -2.89. The molecular formula is C18H17FN2O3. The number of benzene rings is 2. The third-order valence-electron chi connectivity index (χ3n) is 3.72. The molecule has 0 atom stereocenters. The molecular weight excluding hydrogens is 311 g/mol. The average Bonchev–Trinajstić information content (AvgIpc) is 3.01. The fraction of sp³-hybridized carbons (Fsp3) is 0.222. The number of rotatable bonds is 5. The second kappa shape index (κ2) is 7.12. The smallest absolute Gasteiger partial charge is 0.262 e. The van der Waals surface area contributed by atoms with E-state index in [1.54, 1.807) is 29.2 Å². The minimum Gasteiger partial charge on any atom is -0.484 e. The minimum absolute atomic E-state index is 0.125. The molecule has 0 unspecified atom stereocenters. The summed E-state index contributed by atoms with van der Waals surface area (Å²) in [5.74, 6) is -0.123. The molecule has 3 rings (SSSR count). The molecule has 6 heteroatoms. The minimum atomic E-state index is -0.358. The quantitative estimate of drug-likeness (QED) is 0.918. The molecule has 0 saturated carbocycles. The molecule has 0 aliphatic carbocycles. The summed E-state index contributed by atoms with van der Waals surface area (Å²) in [6.07, 6.45) is 1.46. The highest BCUT2D eigenvalue weighted by Crippen LogP contribution is 2.23. The molecule has 2 aromatic carbocycles. The van der Waals surface area contributed by atoms with Crippen LogP contribution in [-0.4, -0.2) is 25.0 Å². The molecule has 5 nitrogen and oxygen atoms in total. The fourth-order valence-corrected chi connectivity index (χ4v) is 2.52. The zero-order valence-corrected chi connectivity index (χ0v) is 13.0. The van der Waals surface area contributed by atoms with Gasteiger partial charge in [0.15, 0.2) is 6.61 Å². The summed E-state index contributed by atoms with van der Waals surface area (Å²) < 4.78 is 18.1. The van der Waals surface area contributed by atoms with Crippen molar-refractivity contribution in [2.24, 2.45) is 0 Å². The third kappa shape index (κ3) is 3.90. The molecule has 24 heavy (non-hydrogen) atoms. The van der Waals surface area contributed by atoms with Gasteiger partial charge in [-0.1, -0.05) is 0 Å². The summed E-state index contributed by atoms with van der Waals surface area (Å²) in [5, 5.41) is 2.71. The molecule has 0 spiro atoms. The van der Waals surface area contributed by atoms with Gasteiger partial charge in [0, 0.05) is 24.3 Å². The second-order valence-electron chi connectivity index (χ2n) is 5.49. The Labute approximate surface area is 139 Å². The predicted molar refractivity (Wildman–Crippen MR) is 88.6 cm³/mol. The van der Waals surface area contributed by atoms with Crippen LogP contribution < -0.4 is 15.0 Å². The number of amides is 2. The standard InChI is InChI=1S/C18H17FN2O3/c19-13-3-9-16(10-4-13)24-12-17(22)20-14-5-7-15(8-6-14)21-11-1-2-18(21)23/h3-10H,1-2,11-12H2,(H,20,22). The van der Waals surface area contributed by atoms with Crippen LogP contribution >= 0.6 is 0 Å². The summed E-state index contributed by atoms with van der Waals surface area (Å²) in [6, 6.07) is 12.6. The Balaban J connectivity index is 1.52. The summed E-state index contributed by atoms with van der Waals surface area (Å²) in [7, 11) is 0. The number of halogens is 1. The summed E-state index contributed by atoms with van der Waals surface area (Å²) in [5.41, 5.74) is 1.45. The topological polar surface area (TPSA) is 58.6 Å². The molecule has 2 amide bonds. The van der Waals surface area contributed by atoms with Crippen LogP contribution in [0.1, 0.15) is 12.8 Å². The van der Waals surface area contributed by atoms with E-state index in [9.17, 15) is 14.0 Å². The van der Waals surface area contributed by atoms with Gasteiger partial charge >= 0.3 is 0 Å². The van der Waals surface area contributed by atoms with E-state index in [1.165, 1.54) is 24.3 Å². The number of carbonyl (C=O) groups is 2. The van der Waals surface area contributed by atoms with Gasteiger partial charge in [0.2, 0.25) is 5.91 Å². The summed E-state index contributed by atoms with van der Waals surface area (Å²) in [6.45, 7) is 0.564. The lowest BCUT2D eigenvalue weighted by atomic mass is 10.2. The molecule has 1 saturated heterocycles. The van der Waals surface area contributed by atoms with Crippen molar-refractivity contribution >= 4 is 23.2 Å². The van der Waals surface area contributed by atoms with Crippen molar-refractivity contribution in [3.63, 3.8) is 0 Å². The molecule has 0 bridgehead atoms. The van der Waals surface area contributed by atoms with Gasteiger partial charge in [-0.2, -0.15) is 0 Å². The molecule has 1 N–H and O–H groups in total. The number of hydrogen-bond acceptors (Lipinski definition) is 3. The zero-order valence-electron chi connectivity index (χ0n) is 13.0. The van der Waals surface area contributed by atoms with Gasteiger partial charge < -0.3 is 15.0 Å². The van der Waals surface area contributed by atoms with E-state index in [-0.39, 0.29) is 24.2 Å². The summed E-state index contributed by atoms with van der Waals surface area (Å²) >= 11 is 0. The van der Waals surface area contributed by atoms with Crippen molar-refractivity contribution < 1.29 is 18.7 Å². The lowest BCUT2D eigenvalue weighted by Gasteiger charge is -2.16. The first-order valence-corrected chi connectivity index (χ1v) is 7.70. The van der Waals surface area contributed by atoms with Gasteiger partial charge in [0.1, 0.15) is 11.6 Å². The van der Waals surface area contributed by atoms with Crippen LogP contribution in [0.15, 0.2) is 48.5 Å². The first kappa shape index (κ1) is 16.0. The molecule has 1 aliphatic heterocycles. The Morgan fingerprint density at radius 1 is 1.12 bits per heavy atom. The normalized spacial score (nSPS) is 13.9. The molecule has 0 aromatic heterocycles. The van der Waals surface area contributed by atoms with Crippen molar-refractivity contribution in [1.29, 1.82) is 0 Å². The van der Waals surface area contributed by atoms with E-state index >= 15 is 0 Å². The van der Waals surface area contributed by atoms with Crippen molar-refractivity contribution in [3.05, 3.63) is 54.3 Å². The largest absolute Gasteiger partial charge is 0.484 e. The van der Waals surface area contributed by atoms with Crippen LogP contribution in [0.2, 0.25) is 0 Å². The first-order valence-electron chi connectivity index (χ1n) is 7.70. The maximum Gasteiger partial charge on any atom is 0.262 e. The van der Waals surface area contributed by atoms with Crippen LogP contribution in [0.3, 0.4) is 0 Å². The van der Waals surface area contributed by atoms with Crippen LogP contribution in [0.25, 0.3) is 0 Å². The number of nitrogens with one attached hydrogen (secondary N) is 1. The highest BCUT2D eigenvalue weighted by Gasteiger charge is 2.21. The SMILES string of the molecule is O=C(COc1ccc(F)cc1)Nc1ccc(N2CCCC2=O)cc1. The average molecular weight is 328 g/mol. The van der Waals surface area contributed by atoms with Gasteiger partial charge in [-0.25, -0.2) is 4.39 Å². The number of hydrogen-bond donors (Lipinski definition) is 1. The van der Waals surface area contributed by atoms with Gasteiger partial charge in [-0.15, -0.1) is 0 Å². The van der Waals surface area contributed by atoms with Crippen LogP contribution in [0, 0.1) is 5.82 Å². The third-order valence-corrected chi connectivity index (χ3v) is 3.72. The van der Waals surface area contributed by atoms with E-state index in [4.69, 9.17) is 4.74 Å². The second-order valence-corrected chi connectivity index (χ2v) is 5.49. The molecule has 1 aliphatic rings. The van der Waals surface area contributed by atoms with Gasteiger partial charge in [0.05, 0.1) is 0 Å². The highest BCUT2D eigenvalue weighted by molar-refractivity contribution is 5.96. The van der Waals surface area contributed by atoms with Crippen molar-refractivity contribution in [3.8, 4) is 5.75 Å². The molecule has 124 valence electrons. The van der Waals surface area contributed by atoms with E-state index < -0.39 is 0 Å². The molecule has 1 heterocycles. The van der Waals surface area contributed by atoms with Crippen molar-refractivity contribution in [1.82, 2.24) is 0 Å².